The summed E-state index contributed by atoms with van der Waals surface area (Å²) in [5, 5.41) is 0. The Balaban J connectivity index is 2.25. The van der Waals surface area contributed by atoms with Crippen molar-refractivity contribution in [3.8, 4) is 0 Å². The van der Waals surface area contributed by atoms with Crippen molar-refractivity contribution in [2.45, 2.75) is 32.2 Å². The third-order valence-electron chi connectivity index (χ3n) is 3.40. The summed E-state index contributed by atoms with van der Waals surface area (Å²) in [6, 6.07) is 10.9. The second kappa shape index (κ2) is 3.74. The maximum atomic E-state index is 2.59. The highest BCUT2D eigenvalue weighted by molar-refractivity contribution is 5.30. The Kier molecular flexibility index (Phi) is 2.60. The molecule has 14 heavy (non-hydrogen) atoms. The molecule has 0 atom stereocenters. The topological polar surface area (TPSA) is 3.24 Å². The fraction of sp³-hybridized carbons (Fsp3) is 0.538. The molecule has 1 aliphatic carbocycles. The van der Waals surface area contributed by atoms with E-state index < -0.39 is 0 Å². The van der Waals surface area contributed by atoms with E-state index in [0.717, 1.165) is 13.1 Å². The van der Waals surface area contributed by atoms with Gasteiger partial charge in [0.2, 0.25) is 0 Å². The molecule has 76 valence electrons. The van der Waals surface area contributed by atoms with Crippen LogP contribution in [0.3, 0.4) is 0 Å². The Morgan fingerprint density at radius 1 is 1.07 bits per heavy atom. The number of rotatable bonds is 4. The van der Waals surface area contributed by atoms with Gasteiger partial charge in [0.15, 0.2) is 0 Å². The first-order valence-electron chi connectivity index (χ1n) is 5.64. The summed E-state index contributed by atoms with van der Waals surface area (Å²) in [4.78, 5) is 2.59. The van der Waals surface area contributed by atoms with Gasteiger partial charge < -0.3 is 0 Å². The first-order chi connectivity index (χ1) is 6.83. The minimum absolute atomic E-state index is 0.394. The third kappa shape index (κ3) is 1.46. The summed E-state index contributed by atoms with van der Waals surface area (Å²) in [6.45, 7) is 6.83. The molecule has 0 spiro atoms. The number of hydrogen-bond donors (Lipinski definition) is 0. The maximum Gasteiger partial charge on any atom is 0.0462 e. The lowest BCUT2D eigenvalue weighted by Crippen LogP contribution is -2.34. The van der Waals surface area contributed by atoms with Gasteiger partial charge in [-0.2, -0.15) is 0 Å². The van der Waals surface area contributed by atoms with E-state index in [-0.39, 0.29) is 0 Å². The first kappa shape index (κ1) is 9.72. The molecule has 1 nitrogen and oxygen atoms in total. The van der Waals surface area contributed by atoms with Crippen LogP contribution in [0.1, 0.15) is 32.3 Å². The molecule has 0 aliphatic heterocycles. The van der Waals surface area contributed by atoms with Gasteiger partial charge in [-0.05, 0) is 31.5 Å². The quantitative estimate of drug-likeness (QED) is 0.703. The van der Waals surface area contributed by atoms with Crippen LogP contribution in [0, 0.1) is 0 Å². The lowest BCUT2D eigenvalue weighted by Gasteiger charge is -2.30. The van der Waals surface area contributed by atoms with Crippen LogP contribution in [0.25, 0.3) is 0 Å². The van der Waals surface area contributed by atoms with E-state index in [9.17, 15) is 0 Å². The predicted octanol–water partition coefficient (Wildman–Crippen LogP) is 3.02. The van der Waals surface area contributed by atoms with E-state index >= 15 is 0 Å². The monoisotopic (exact) mass is 189 g/mol. The lowest BCUT2D eigenvalue weighted by atomic mass is 10.0. The Labute approximate surface area is 86.7 Å². The summed E-state index contributed by atoms with van der Waals surface area (Å²) in [5.41, 5.74) is 1.90. The fourth-order valence-corrected chi connectivity index (χ4v) is 2.48. The van der Waals surface area contributed by atoms with Gasteiger partial charge in [0.05, 0.1) is 0 Å². The minimum atomic E-state index is 0.394. The van der Waals surface area contributed by atoms with Gasteiger partial charge in [0.25, 0.3) is 0 Å². The molecular formula is C13H19N. The highest BCUT2D eigenvalue weighted by Crippen LogP contribution is 2.50. The molecule has 0 N–H and O–H groups in total. The Morgan fingerprint density at radius 3 is 2.07 bits per heavy atom. The van der Waals surface area contributed by atoms with E-state index in [1.807, 2.05) is 0 Å². The number of hydrogen-bond acceptors (Lipinski definition) is 1. The predicted molar refractivity (Wildman–Crippen MR) is 60.3 cm³/mol. The first-order valence-corrected chi connectivity index (χ1v) is 5.64. The van der Waals surface area contributed by atoms with Crippen molar-refractivity contribution in [3.05, 3.63) is 35.9 Å². The van der Waals surface area contributed by atoms with E-state index in [0.29, 0.717) is 5.54 Å². The largest absolute Gasteiger partial charge is 0.294 e. The van der Waals surface area contributed by atoms with Gasteiger partial charge in [0.1, 0.15) is 0 Å². The maximum absolute atomic E-state index is 2.59. The van der Waals surface area contributed by atoms with Crippen LogP contribution in [0.5, 0.6) is 0 Å². The van der Waals surface area contributed by atoms with Crippen LogP contribution in [0.4, 0.5) is 0 Å². The van der Waals surface area contributed by atoms with Gasteiger partial charge >= 0.3 is 0 Å². The van der Waals surface area contributed by atoms with Crippen molar-refractivity contribution < 1.29 is 0 Å². The van der Waals surface area contributed by atoms with E-state index in [1.165, 1.54) is 18.4 Å². The summed E-state index contributed by atoms with van der Waals surface area (Å²) in [5.74, 6) is 0. The Bertz CT molecular complexity index is 283. The van der Waals surface area contributed by atoms with Crippen LogP contribution < -0.4 is 0 Å². The van der Waals surface area contributed by atoms with E-state index in [4.69, 9.17) is 0 Å². The molecule has 1 aromatic carbocycles. The second-order valence-electron chi connectivity index (χ2n) is 4.07. The molecule has 0 amide bonds. The normalized spacial score (nSPS) is 18.5. The number of benzene rings is 1. The van der Waals surface area contributed by atoms with Crippen molar-refractivity contribution in [1.29, 1.82) is 0 Å². The molecular weight excluding hydrogens is 170 g/mol. The van der Waals surface area contributed by atoms with Gasteiger partial charge in [-0.15, -0.1) is 0 Å². The summed E-state index contributed by atoms with van der Waals surface area (Å²) < 4.78 is 0. The zero-order chi connectivity index (χ0) is 10.0. The fourth-order valence-electron chi connectivity index (χ4n) is 2.48. The van der Waals surface area contributed by atoms with Gasteiger partial charge in [-0.1, -0.05) is 44.2 Å². The average molecular weight is 189 g/mol. The third-order valence-corrected chi connectivity index (χ3v) is 3.40. The van der Waals surface area contributed by atoms with Crippen LogP contribution in [-0.4, -0.2) is 18.0 Å². The van der Waals surface area contributed by atoms with Crippen molar-refractivity contribution in [1.82, 2.24) is 4.90 Å². The van der Waals surface area contributed by atoms with Crippen LogP contribution in [-0.2, 0) is 5.54 Å². The van der Waals surface area contributed by atoms with Crippen molar-refractivity contribution >= 4 is 0 Å². The van der Waals surface area contributed by atoms with E-state index in [2.05, 4.69) is 49.1 Å². The highest BCUT2D eigenvalue weighted by atomic mass is 15.2. The molecule has 1 heteroatoms. The molecule has 0 aromatic heterocycles. The molecule has 0 unspecified atom stereocenters. The molecule has 1 aromatic rings. The molecule has 1 aliphatic rings. The van der Waals surface area contributed by atoms with Crippen molar-refractivity contribution in [2.75, 3.05) is 13.1 Å². The number of nitrogens with zero attached hydrogens (tertiary/aromatic N) is 1. The lowest BCUT2D eigenvalue weighted by molar-refractivity contribution is 0.197. The Hall–Kier alpha value is -0.820. The smallest absolute Gasteiger partial charge is 0.0462 e. The standard InChI is InChI=1S/C13H19N/c1-3-14(4-2)13(10-11-13)12-8-6-5-7-9-12/h5-9H,3-4,10-11H2,1-2H3. The van der Waals surface area contributed by atoms with E-state index in [1.54, 1.807) is 0 Å². The summed E-state index contributed by atoms with van der Waals surface area (Å²) >= 11 is 0. The van der Waals surface area contributed by atoms with Gasteiger partial charge in [-0.3, -0.25) is 4.90 Å². The van der Waals surface area contributed by atoms with Crippen molar-refractivity contribution in [3.63, 3.8) is 0 Å². The molecule has 1 fully saturated rings. The van der Waals surface area contributed by atoms with Gasteiger partial charge in [-0.25, -0.2) is 0 Å². The molecule has 1 saturated carbocycles. The zero-order valence-corrected chi connectivity index (χ0v) is 9.16. The average Bonchev–Trinajstić information content (AvgIpc) is 3.03. The minimum Gasteiger partial charge on any atom is -0.294 e. The SMILES string of the molecule is CCN(CC)C1(c2ccccc2)CC1. The summed E-state index contributed by atoms with van der Waals surface area (Å²) in [7, 11) is 0. The summed E-state index contributed by atoms with van der Waals surface area (Å²) in [6.07, 6.45) is 2.66. The molecule has 0 bridgehead atoms. The zero-order valence-electron chi connectivity index (χ0n) is 9.16. The molecule has 2 rings (SSSR count). The second-order valence-corrected chi connectivity index (χ2v) is 4.07. The highest BCUT2D eigenvalue weighted by Gasteiger charge is 2.47. The molecule has 0 saturated heterocycles. The van der Waals surface area contributed by atoms with Crippen LogP contribution in [0.15, 0.2) is 30.3 Å². The van der Waals surface area contributed by atoms with Crippen LogP contribution >= 0.6 is 0 Å². The molecule has 0 radical (unpaired) electrons. The Morgan fingerprint density at radius 2 is 1.64 bits per heavy atom. The van der Waals surface area contributed by atoms with Gasteiger partial charge in [0, 0.05) is 5.54 Å². The van der Waals surface area contributed by atoms with Crippen LogP contribution in [0.2, 0.25) is 0 Å². The van der Waals surface area contributed by atoms with Crippen molar-refractivity contribution in [2.24, 2.45) is 0 Å². The molecule has 0 heterocycles.